The van der Waals surface area contributed by atoms with Crippen molar-refractivity contribution in [2.75, 3.05) is 32.2 Å². The standard InChI is InChI=1S/C24H37N3O5S/c1-5-13-24(23(31)32-3,27(14-6-2)20(29)16-25)21(18-10-8-7-9-11-18)22(30)19(26-17-28)12-15-33-4/h7-11,17,19,21H,5-6,12-16,25H2,1-4H3,(H,26,28). The number of carbonyl (C=O) groups excluding carboxylic acids is 4. The third-order valence-corrected chi connectivity index (χ3v) is 6.34. The number of esters is 1. The van der Waals surface area contributed by atoms with Crippen LogP contribution in [-0.4, -0.2) is 72.8 Å². The predicted octanol–water partition coefficient (Wildman–Crippen LogP) is 2.12. The minimum atomic E-state index is -1.60. The smallest absolute Gasteiger partial charge is 0.332 e. The van der Waals surface area contributed by atoms with Crippen molar-refractivity contribution in [3.63, 3.8) is 0 Å². The number of thioether (sulfide) groups is 1. The molecule has 0 saturated heterocycles. The summed E-state index contributed by atoms with van der Waals surface area (Å²) in [5.74, 6) is -1.86. The lowest BCUT2D eigenvalue weighted by molar-refractivity contribution is -0.166. The average molecular weight is 480 g/mol. The summed E-state index contributed by atoms with van der Waals surface area (Å²) in [4.78, 5) is 53.5. The quantitative estimate of drug-likeness (QED) is 0.275. The Kier molecular flexibility index (Phi) is 12.8. The summed E-state index contributed by atoms with van der Waals surface area (Å²) in [5, 5.41) is 2.63. The minimum absolute atomic E-state index is 0.201. The van der Waals surface area contributed by atoms with Crippen molar-refractivity contribution >= 4 is 35.8 Å². The van der Waals surface area contributed by atoms with E-state index >= 15 is 0 Å². The number of amides is 2. The molecule has 2 amide bonds. The third-order valence-electron chi connectivity index (χ3n) is 5.69. The molecule has 8 nitrogen and oxygen atoms in total. The number of hydrogen-bond acceptors (Lipinski definition) is 7. The number of nitrogens with two attached hydrogens (primary N) is 1. The van der Waals surface area contributed by atoms with E-state index < -0.39 is 29.4 Å². The van der Waals surface area contributed by atoms with Gasteiger partial charge in [-0.15, -0.1) is 0 Å². The van der Waals surface area contributed by atoms with Gasteiger partial charge in [-0.1, -0.05) is 50.6 Å². The maximum Gasteiger partial charge on any atom is 0.332 e. The normalized spacial score (nSPS) is 14.5. The average Bonchev–Trinajstić information content (AvgIpc) is 2.84. The van der Waals surface area contributed by atoms with Gasteiger partial charge >= 0.3 is 5.97 Å². The Morgan fingerprint density at radius 2 is 1.88 bits per heavy atom. The summed E-state index contributed by atoms with van der Waals surface area (Å²) in [5.41, 5.74) is 4.71. The summed E-state index contributed by atoms with van der Waals surface area (Å²) in [6.45, 7) is 3.70. The van der Waals surface area contributed by atoms with Gasteiger partial charge in [-0.3, -0.25) is 14.4 Å². The Balaban J connectivity index is 3.92. The first-order valence-electron chi connectivity index (χ1n) is 11.3. The zero-order valence-corrected chi connectivity index (χ0v) is 20.9. The number of nitrogens with one attached hydrogen (secondary N) is 1. The molecule has 0 aliphatic carbocycles. The molecule has 1 aromatic carbocycles. The molecule has 0 radical (unpaired) electrons. The second-order valence-electron chi connectivity index (χ2n) is 7.78. The van der Waals surface area contributed by atoms with E-state index in [1.807, 2.05) is 26.2 Å². The van der Waals surface area contributed by atoms with Crippen molar-refractivity contribution in [3.05, 3.63) is 35.9 Å². The first-order valence-corrected chi connectivity index (χ1v) is 12.6. The number of hydrogen-bond donors (Lipinski definition) is 2. The topological polar surface area (TPSA) is 119 Å². The van der Waals surface area contributed by atoms with Gasteiger partial charge in [0.25, 0.3) is 0 Å². The van der Waals surface area contributed by atoms with Crippen molar-refractivity contribution in [1.29, 1.82) is 0 Å². The van der Waals surface area contributed by atoms with Gasteiger partial charge in [0, 0.05) is 6.54 Å². The van der Waals surface area contributed by atoms with Crippen LogP contribution in [0.2, 0.25) is 0 Å². The van der Waals surface area contributed by atoms with Gasteiger partial charge < -0.3 is 20.7 Å². The number of ether oxygens (including phenoxy) is 1. The zero-order chi connectivity index (χ0) is 24.9. The van der Waals surface area contributed by atoms with Gasteiger partial charge in [-0.25, -0.2) is 4.79 Å². The molecule has 1 aromatic rings. The van der Waals surface area contributed by atoms with Crippen LogP contribution in [0.1, 0.15) is 51.0 Å². The van der Waals surface area contributed by atoms with Gasteiger partial charge in [-0.2, -0.15) is 11.8 Å². The number of ketones is 1. The molecule has 0 aromatic heterocycles. The second kappa shape index (κ2) is 14.7. The van der Waals surface area contributed by atoms with E-state index in [-0.39, 0.29) is 25.3 Å². The van der Waals surface area contributed by atoms with E-state index in [0.717, 1.165) is 0 Å². The molecular formula is C24H37N3O5S. The number of rotatable bonds is 16. The highest BCUT2D eigenvalue weighted by molar-refractivity contribution is 7.98. The van der Waals surface area contributed by atoms with Crippen molar-refractivity contribution in [2.24, 2.45) is 5.73 Å². The predicted molar refractivity (Wildman–Crippen MR) is 131 cm³/mol. The molecule has 9 heteroatoms. The molecule has 3 atom stereocenters. The zero-order valence-electron chi connectivity index (χ0n) is 20.0. The number of methoxy groups -OCH3 is 1. The van der Waals surface area contributed by atoms with Crippen LogP contribution in [0.15, 0.2) is 30.3 Å². The van der Waals surface area contributed by atoms with Gasteiger partial charge in [0.2, 0.25) is 12.3 Å². The van der Waals surface area contributed by atoms with E-state index in [4.69, 9.17) is 10.5 Å². The Morgan fingerprint density at radius 3 is 2.36 bits per heavy atom. The highest BCUT2D eigenvalue weighted by atomic mass is 32.2. The van der Waals surface area contributed by atoms with Gasteiger partial charge in [0.05, 0.1) is 25.6 Å². The lowest BCUT2D eigenvalue weighted by Gasteiger charge is -2.46. The van der Waals surface area contributed by atoms with Gasteiger partial charge in [0.15, 0.2) is 11.3 Å². The molecule has 3 N–H and O–H groups in total. The molecule has 0 heterocycles. The van der Waals surface area contributed by atoms with E-state index in [2.05, 4.69) is 5.32 Å². The monoisotopic (exact) mass is 479 g/mol. The van der Waals surface area contributed by atoms with E-state index in [1.54, 1.807) is 36.0 Å². The van der Waals surface area contributed by atoms with E-state index in [1.165, 1.54) is 12.0 Å². The molecule has 0 bridgehead atoms. The number of Topliss-reactive ketones (excluding diaryl/α,β-unsaturated/α-hetero) is 1. The lowest BCUT2D eigenvalue weighted by atomic mass is 9.70. The van der Waals surface area contributed by atoms with Crippen molar-refractivity contribution in [2.45, 2.75) is 57.0 Å². The number of carbonyl (C=O) groups is 4. The van der Waals surface area contributed by atoms with Crippen LogP contribution >= 0.6 is 11.8 Å². The Labute approximate surface area is 201 Å². The van der Waals surface area contributed by atoms with Crippen LogP contribution in [-0.2, 0) is 23.9 Å². The molecule has 0 aliphatic heterocycles. The Morgan fingerprint density at radius 1 is 1.21 bits per heavy atom. The molecule has 0 fully saturated rings. The molecule has 1 rings (SSSR count). The first kappa shape index (κ1) is 28.6. The molecular weight excluding hydrogens is 442 g/mol. The molecule has 0 spiro atoms. The van der Waals surface area contributed by atoms with Crippen LogP contribution < -0.4 is 11.1 Å². The SMILES string of the molecule is CCCN(C(=O)CN)C(CCC)(C(=O)OC)C(C(=O)C(CCSC)NC=O)c1ccccc1. The van der Waals surface area contributed by atoms with Crippen LogP contribution in [0, 0.1) is 0 Å². The molecule has 0 aliphatic rings. The highest BCUT2D eigenvalue weighted by Crippen LogP contribution is 2.41. The summed E-state index contributed by atoms with van der Waals surface area (Å²) in [7, 11) is 1.26. The first-order chi connectivity index (χ1) is 15.9. The molecule has 0 saturated carbocycles. The Bertz CT molecular complexity index is 777. The van der Waals surface area contributed by atoms with Gasteiger partial charge in [-0.05, 0) is 36.8 Å². The summed E-state index contributed by atoms with van der Waals surface area (Å²) < 4.78 is 5.24. The maximum absolute atomic E-state index is 14.1. The molecule has 33 heavy (non-hydrogen) atoms. The fourth-order valence-corrected chi connectivity index (χ4v) is 4.82. The maximum atomic E-state index is 14.1. The lowest BCUT2D eigenvalue weighted by Crippen LogP contribution is -2.65. The fourth-order valence-electron chi connectivity index (χ4n) is 4.35. The molecule has 3 unspecified atom stereocenters. The van der Waals surface area contributed by atoms with E-state index in [0.29, 0.717) is 37.0 Å². The number of nitrogens with zero attached hydrogens (tertiary/aromatic N) is 1. The van der Waals surface area contributed by atoms with Crippen molar-refractivity contribution in [1.82, 2.24) is 10.2 Å². The van der Waals surface area contributed by atoms with Crippen LogP contribution in [0.3, 0.4) is 0 Å². The summed E-state index contributed by atoms with van der Waals surface area (Å²) in [6.07, 6.45) is 4.08. The van der Waals surface area contributed by atoms with Crippen LogP contribution in [0.4, 0.5) is 0 Å². The van der Waals surface area contributed by atoms with Crippen molar-refractivity contribution in [3.8, 4) is 0 Å². The minimum Gasteiger partial charge on any atom is -0.467 e. The molecule has 184 valence electrons. The Hall–Kier alpha value is -2.39. The summed E-state index contributed by atoms with van der Waals surface area (Å²) >= 11 is 1.55. The van der Waals surface area contributed by atoms with Crippen LogP contribution in [0.5, 0.6) is 0 Å². The van der Waals surface area contributed by atoms with Gasteiger partial charge in [0.1, 0.15) is 0 Å². The highest BCUT2D eigenvalue weighted by Gasteiger charge is 2.56. The third kappa shape index (κ3) is 6.80. The van der Waals surface area contributed by atoms with Crippen LogP contribution in [0.25, 0.3) is 0 Å². The van der Waals surface area contributed by atoms with E-state index in [9.17, 15) is 19.2 Å². The number of benzene rings is 1. The largest absolute Gasteiger partial charge is 0.467 e. The summed E-state index contributed by atoms with van der Waals surface area (Å²) in [6, 6.07) is 8.08. The fraction of sp³-hybridized carbons (Fsp3) is 0.583. The second-order valence-corrected chi connectivity index (χ2v) is 8.77. The van der Waals surface area contributed by atoms with Crippen molar-refractivity contribution < 1.29 is 23.9 Å².